The third kappa shape index (κ3) is 8.47. The van der Waals surface area contributed by atoms with Gasteiger partial charge in [-0.05, 0) is 106 Å². The Balaban J connectivity index is 0.857. The molecular weight excluding hydrogens is 779 g/mol. The fourth-order valence-electron chi connectivity index (χ4n) is 9.72. The van der Waals surface area contributed by atoms with Crippen molar-refractivity contribution in [3.05, 3.63) is 79.8 Å². The van der Waals surface area contributed by atoms with E-state index in [0.29, 0.717) is 47.7 Å². The Morgan fingerprint density at radius 1 is 0.869 bits per heavy atom. The number of fused-ring (bicyclic) bond motifs is 2. The summed E-state index contributed by atoms with van der Waals surface area (Å²) in [4.78, 5) is 77.4. The molecule has 0 bridgehead atoms. The third-order valence-corrected chi connectivity index (χ3v) is 13.3. The van der Waals surface area contributed by atoms with Crippen LogP contribution in [0.25, 0.3) is 22.0 Å². The first-order valence-corrected chi connectivity index (χ1v) is 21.5. The quantitative estimate of drug-likeness (QED) is 0.226. The summed E-state index contributed by atoms with van der Waals surface area (Å²) in [5.74, 6) is 1.84. The molecule has 1 atom stereocenters. The molecule has 6 heterocycles. The summed E-state index contributed by atoms with van der Waals surface area (Å²) in [6.45, 7) is 9.86. The van der Waals surface area contributed by atoms with Gasteiger partial charge in [0.2, 0.25) is 11.8 Å². The van der Waals surface area contributed by atoms with Gasteiger partial charge in [0.25, 0.3) is 11.1 Å². The van der Waals surface area contributed by atoms with Gasteiger partial charge >= 0.3 is 6.03 Å². The second kappa shape index (κ2) is 17.7. The lowest BCUT2D eigenvalue weighted by atomic mass is 9.91. The van der Waals surface area contributed by atoms with Crippen molar-refractivity contribution in [2.24, 2.45) is 13.0 Å². The molecule has 4 aliphatic rings. The number of ether oxygens (including phenoxy) is 2. The molecule has 2 aromatic carbocycles. The number of imide groups is 1. The summed E-state index contributed by atoms with van der Waals surface area (Å²) < 4.78 is 15.0. The minimum absolute atomic E-state index is 0.0928. The van der Waals surface area contributed by atoms with Crippen LogP contribution in [0.4, 0.5) is 10.5 Å². The van der Waals surface area contributed by atoms with Crippen LogP contribution in [0.1, 0.15) is 60.7 Å². The summed E-state index contributed by atoms with van der Waals surface area (Å²) in [6.07, 6.45) is 6.34. The monoisotopic (exact) mass is 835 g/mol. The fourth-order valence-corrected chi connectivity index (χ4v) is 9.72. The normalized spacial score (nSPS) is 19.2. The third-order valence-electron chi connectivity index (χ3n) is 13.3. The molecule has 0 aliphatic carbocycles. The maximum Gasteiger partial charge on any atom is 0.317 e. The van der Waals surface area contributed by atoms with Gasteiger partial charge in [-0.3, -0.25) is 38.9 Å². The average Bonchev–Trinajstić information content (AvgIpc) is 3.27. The number of carbonyl (C=O) groups excluding carboxylic acids is 3. The molecule has 1 unspecified atom stereocenters. The number of methoxy groups -OCH3 is 2. The number of rotatable bonds is 10. The number of piperidine rings is 2. The Morgan fingerprint density at radius 3 is 2.26 bits per heavy atom. The van der Waals surface area contributed by atoms with Gasteiger partial charge in [0.1, 0.15) is 23.4 Å². The average molecular weight is 836 g/mol. The second-order valence-corrected chi connectivity index (χ2v) is 16.8. The molecule has 3 fully saturated rings. The van der Waals surface area contributed by atoms with Crippen molar-refractivity contribution in [3.63, 3.8) is 0 Å². The molecule has 3 saturated heterocycles. The zero-order valence-electron chi connectivity index (χ0n) is 35.9. The molecular formula is C45H57N9O7. The van der Waals surface area contributed by atoms with Gasteiger partial charge in [-0.2, -0.15) is 0 Å². The predicted molar refractivity (Wildman–Crippen MR) is 232 cm³/mol. The lowest BCUT2D eigenvalue weighted by Crippen LogP contribution is -2.47. The number of carbonyl (C=O) groups is 3. The number of hydrogen-bond acceptors (Lipinski definition) is 11. The van der Waals surface area contributed by atoms with E-state index in [1.165, 1.54) is 4.57 Å². The van der Waals surface area contributed by atoms with Gasteiger partial charge in [-0.15, -0.1) is 0 Å². The van der Waals surface area contributed by atoms with Crippen LogP contribution in [0.5, 0.6) is 11.5 Å². The molecule has 4 aliphatic heterocycles. The molecule has 16 heteroatoms. The predicted octanol–water partition coefficient (Wildman–Crippen LogP) is 3.19. The second-order valence-electron chi connectivity index (χ2n) is 16.8. The molecule has 0 radical (unpaired) electrons. The van der Waals surface area contributed by atoms with Crippen LogP contribution in [0, 0.1) is 12.8 Å². The number of benzene rings is 2. The number of piperazine rings is 1. The van der Waals surface area contributed by atoms with Crippen molar-refractivity contribution in [1.29, 1.82) is 0 Å². The van der Waals surface area contributed by atoms with Gasteiger partial charge in [0, 0.05) is 82.8 Å². The first kappa shape index (κ1) is 42.0. The molecule has 4 amide bonds. The van der Waals surface area contributed by atoms with E-state index in [0.717, 1.165) is 105 Å². The zero-order chi connectivity index (χ0) is 42.9. The topological polar surface area (TPSA) is 164 Å². The van der Waals surface area contributed by atoms with E-state index in [2.05, 4.69) is 30.3 Å². The van der Waals surface area contributed by atoms with E-state index < -0.39 is 11.9 Å². The number of pyridine rings is 1. The summed E-state index contributed by atoms with van der Waals surface area (Å²) in [5, 5.41) is 5.52. The minimum atomic E-state index is -0.745. The molecule has 0 spiro atoms. The number of urea groups is 1. The lowest BCUT2D eigenvalue weighted by molar-refractivity contribution is -0.135. The van der Waals surface area contributed by atoms with Crippen molar-refractivity contribution in [2.45, 2.75) is 64.6 Å². The van der Waals surface area contributed by atoms with Crippen LogP contribution >= 0.6 is 0 Å². The van der Waals surface area contributed by atoms with Gasteiger partial charge in [0.15, 0.2) is 0 Å². The maximum atomic E-state index is 13.7. The van der Waals surface area contributed by atoms with Crippen molar-refractivity contribution in [1.82, 2.24) is 39.5 Å². The van der Waals surface area contributed by atoms with Crippen LogP contribution in [-0.4, -0.2) is 120 Å². The Morgan fingerprint density at radius 2 is 1.59 bits per heavy atom. The number of nitrogens with zero attached hydrogens (tertiary/aromatic N) is 7. The van der Waals surface area contributed by atoms with E-state index in [-0.39, 0.29) is 42.4 Å². The Labute approximate surface area is 355 Å². The van der Waals surface area contributed by atoms with Crippen LogP contribution in [-0.2, 0) is 36.1 Å². The van der Waals surface area contributed by atoms with Crippen LogP contribution in [0.3, 0.4) is 0 Å². The van der Waals surface area contributed by atoms with Crippen molar-refractivity contribution < 1.29 is 23.9 Å². The van der Waals surface area contributed by atoms with Crippen LogP contribution in [0.15, 0.2) is 46.1 Å². The largest absolute Gasteiger partial charge is 0.496 e. The van der Waals surface area contributed by atoms with Crippen molar-refractivity contribution >= 4 is 34.4 Å². The summed E-state index contributed by atoms with van der Waals surface area (Å²) in [7, 11) is 6.73. The van der Waals surface area contributed by atoms with E-state index in [4.69, 9.17) is 9.47 Å². The molecule has 0 saturated carbocycles. The highest BCUT2D eigenvalue weighted by molar-refractivity contribution is 5.99. The van der Waals surface area contributed by atoms with E-state index in [9.17, 15) is 24.0 Å². The molecule has 61 heavy (non-hydrogen) atoms. The Kier molecular flexibility index (Phi) is 12.2. The highest BCUT2D eigenvalue weighted by atomic mass is 16.5. The Hall–Kier alpha value is -5.74. The molecule has 8 rings (SSSR count). The van der Waals surface area contributed by atoms with E-state index in [1.807, 2.05) is 36.5 Å². The summed E-state index contributed by atoms with van der Waals surface area (Å²) in [6, 6.07) is 8.98. The van der Waals surface area contributed by atoms with Crippen molar-refractivity contribution in [2.75, 3.05) is 78.5 Å². The standard InChI is InChI=1S/C45H57N9O7/c1-28-47-37-7-6-31(24-33(37)44(58)54(28)38-8-9-41(55)48-42(38)56)52-20-18-50(19-21-52)14-10-29-11-15-51(16-12-29)26-36-39(60-4)22-30(23-40(36)61-5)34-25-49(3)43(57)35-27-53(45(59)46-2)17-13-32(34)35/h6-7,22-25,29,38H,8-21,26-27H2,1-5H3,(H,46,59)(H,48,55,56). The highest BCUT2D eigenvalue weighted by Crippen LogP contribution is 2.39. The highest BCUT2D eigenvalue weighted by Gasteiger charge is 2.32. The first-order chi connectivity index (χ1) is 29.5. The van der Waals surface area contributed by atoms with Crippen LogP contribution < -0.4 is 36.1 Å². The summed E-state index contributed by atoms with van der Waals surface area (Å²) in [5.41, 5.74) is 5.69. The van der Waals surface area contributed by atoms with Gasteiger partial charge in [-0.25, -0.2) is 9.78 Å². The first-order valence-electron chi connectivity index (χ1n) is 21.5. The van der Waals surface area contributed by atoms with E-state index in [1.54, 1.807) is 44.7 Å². The van der Waals surface area contributed by atoms with Gasteiger partial charge in [0.05, 0.1) is 37.2 Å². The smallest absolute Gasteiger partial charge is 0.317 e. The minimum Gasteiger partial charge on any atom is -0.496 e. The molecule has 2 N–H and O–H groups in total. The number of likely N-dealkylation sites (tertiary alicyclic amines) is 1. The maximum absolute atomic E-state index is 13.7. The van der Waals surface area contributed by atoms with Crippen LogP contribution in [0.2, 0.25) is 0 Å². The molecule has 324 valence electrons. The SMILES string of the molecule is CNC(=O)N1CCc2c(-c3cc(OC)c(CN4CCC(CCN5CCN(c6ccc7nc(C)n(C8CCC(=O)NC8=O)c(=O)c7c6)CC5)CC4)c(OC)c3)cn(C)c(=O)c2C1. The van der Waals surface area contributed by atoms with E-state index >= 15 is 0 Å². The molecule has 2 aromatic heterocycles. The number of amides is 4. The number of aryl methyl sites for hydroxylation is 2. The molecule has 4 aromatic rings. The molecule has 16 nitrogen and oxygen atoms in total. The number of nitrogens with one attached hydrogen (secondary N) is 2. The Bertz CT molecular complexity index is 2440. The summed E-state index contributed by atoms with van der Waals surface area (Å²) >= 11 is 0. The van der Waals surface area contributed by atoms with Crippen molar-refractivity contribution in [3.8, 4) is 22.6 Å². The number of aromatic nitrogens is 3. The zero-order valence-corrected chi connectivity index (χ0v) is 35.9. The number of hydrogen-bond donors (Lipinski definition) is 2. The lowest BCUT2D eigenvalue weighted by Gasteiger charge is -2.38. The number of anilines is 1. The fraction of sp³-hybridized carbons (Fsp3) is 0.511. The van der Waals surface area contributed by atoms with Gasteiger partial charge < -0.3 is 29.2 Å². The van der Waals surface area contributed by atoms with Gasteiger partial charge in [-0.1, -0.05) is 0 Å².